The van der Waals surface area contributed by atoms with E-state index >= 15 is 0 Å². The van der Waals surface area contributed by atoms with Crippen molar-refractivity contribution < 1.29 is 17.9 Å². The summed E-state index contributed by atoms with van der Waals surface area (Å²) < 4.78 is 46.2. The fraction of sp³-hybridized carbons (Fsp3) is 0.278. The summed E-state index contributed by atoms with van der Waals surface area (Å²) in [6.45, 7) is 1.71. The lowest BCUT2D eigenvalue weighted by molar-refractivity contribution is -0.137. The summed E-state index contributed by atoms with van der Waals surface area (Å²) in [5.74, 6) is 0.358. The number of fused-ring (bicyclic) bond motifs is 1. The first-order valence-electron chi connectivity index (χ1n) is 8.22. The number of aromatic amines is 1. The third-order valence-electron chi connectivity index (χ3n) is 4.47. The van der Waals surface area contributed by atoms with Gasteiger partial charge in [-0.25, -0.2) is 4.98 Å². The maximum Gasteiger partial charge on any atom is 0.418 e. The zero-order valence-electron chi connectivity index (χ0n) is 13.8. The highest BCUT2D eigenvalue weighted by Crippen LogP contribution is 2.39. The van der Waals surface area contributed by atoms with E-state index in [0.717, 1.165) is 6.07 Å². The molecule has 26 heavy (non-hydrogen) atoms. The summed E-state index contributed by atoms with van der Waals surface area (Å²) in [5, 5.41) is 0. The molecule has 0 bridgehead atoms. The number of benzene rings is 2. The van der Waals surface area contributed by atoms with Crippen molar-refractivity contribution in [2.24, 2.45) is 0 Å². The number of para-hydroxylation sites is 1. The van der Waals surface area contributed by atoms with Crippen LogP contribution in [-0.2, 0) is 10.9 Å². The van der Waals surface area contributed by atoms with Crippen LogP contribution in [0.4, 0.5) is 24.5 Å². The van der Waals surface area contributed by atoms with Crippen molar-refractivity contribution in [1.82, 2.24) is 9.97 Å². The van der Waals surface area contributed by atoms with Gasteiger partial charge in [-0.15, -0.1) is 0 Å². The summed E-state index contributed by atoms with van der Waals surface area (Å²) in [7, 11) is 0. The molecule has 2 heterocycles. The van der Waals surface area contributed by atoms with Crippen LogP contribution in [0.15, 0.2) is 36.4 Å². The maximum absolute atomic E-state index is 13.7. The number of alkyl halides is 3. The van der Waals surface area contributed by atoms with E-state index in [0.29, 0.717) is 54.4 Å². The standard InChI is InChI=1S/C18H17F3N4O/c19-18(20,21)12-10-11(4-5-15(12)25-6-8-26-9-7-25)17-23-14-3-1-2-13(22)16(14)24-17/h1-5,10H,6-9,22H2,(H,23,24). The van der Waals surface area contributed by atoms with Gasteiger partial charge in [0.05, 0.1) is 30.0 Å². The average Bonchev–Trinajstić information content (AvgIpc) is 3.07. The van der Waals surface area contributed by atoms with Gasteiger partial charge in [0.1, 0.15) is 11.3 Å². The van der Waals surface area contributed by atoms with E-state index in [1.54, 1.807) is 29.2 Å². The molecular formula is C18H17F3N4O. The average molecular weight is 362 g/mol. The van der Waals surface area contributed by atoms with Crippen LogP contribution in [-0.4, -0.2) is 36.3 Å². The number of nitrogens with two attached hydrogens (primary N) is 1. The first-order chi connectivity index (χ1) is 12.4. The number of halogens is 3. The molecule has 1 aliphatic rings. The first kappa shape index (κ1) is 16.7. The van der Waals surface area contributed by atoms with Gasteiger partial charge in [-0.1, -0.05) is 6.07 Å². The van der Waals surface area contributed by atoms with Gasteiger partial charge in [-0.2, -0.15) is 13.2 Å². The number of H-pyrrole nitrogens is 1. The molecule has 0 radical (unpaired) electrons. The molecular weight excluding hydrogens is 345 g/mol. The Morgan fingerprint density at radius 1 is 1.12 bits per heavy atom. The number of rotatable bonds is 2. The molecule has 5 nitrogen and oxygen atoms in total. The Hall–Kier alpha value is -2.74. The van der Waals surface area contributed by atoms with Gasteiger partial charge in [0.15, 0.2) is 0 Å². The zero-order valence-corrected chi connectivity index (χ0v) is 13.8. The molecule has 0 aliphatic carbocycles. The summed E-state index contributed by atoms with van der Waals surface area (Å²) in [6, 6.07) is 9.54. The second kappa shape index (κ2) is 6.21. The fourth-order valence-electron chi connectivity index (χ4n) is 3.18. The van der Waals surface area contributed by atoms with Gasteiger partial charge in [0.25, 0.3) is 0 Å². The number of aromatic nitrogens is 2. The van der Waals surface area contributed by atoms with Gasteiger partial charge in [-0.3, -0.25) is 0 Å². The van der Waals surface area contributed by atoms with Crippen molar-refractivity contribution >= 4 is 22.4 Å². The van der Waals surface area contributed by atoms with Crippen molar-refractivity contribution in [2.45, 2.75) is 6.18 Å². The molecule has 0 amide bonds. The van der Waals surface area contributed by atoms with Crippen LogP contribution in [0.2, 0.25) is 0 Å². The van der Waals surface area contributed by atoms with Gasteiger partial charge in [0, 0.05) is 24.3 Å². The van der Waals surface area contributed by atoms with Crippen LogP contribution < -0.4 is 10.6 Å². The minimum Gasteiger partial charge on any atom is -0.397 e. The van der Waals surface area contributed by atoms with Gasteiger partial charge in [-0.05, 0) is 30.3 Å². The van der Waals surface area contributed by atoms with Crippen LogP contribution in [0.3, 0.4) is 0 Å². The maximum atomic E-state index is 13.7. The SMILES string of the molecule is Nc1cccc2[nH]c(-c3ccc(N4CCOCC4)c(C(F)(F)F)c3)nc12. The lowest BCUT2D eigenvalue weighted by Crippen LogP contribution is -2.37. The molecule has 0 atom stereocenters. The Balaban J connectivity index is 1.80. The summed E-state index contributed by atoms with van der Waals surface area (Å²) in [4.78, 5) is 9.11. The van der Waals surface area contributed by atoms with Gasteiger partial charge in [0.2, 0.25) is 0 Å². The Labute approximate surface area is 147 Å². The van der Waals surface area contributed by atoms with Crippen molar-refractivity contribution in [3.8, 4) is 11.4 Å². The number of nitrogens with one attached hydrogen (secondary N) is 1. The summed E-state index contributed by atoms with van der Waals surface area (Å²) in [5.41, 5.74) is 7.46. The quantitative estimate of drug-likeness (QED) is 0.683. The monoisotopic (exact) mass is 362 g/mol. The summed E-state index contributed by atoms with van der Waals surface area (Å²) >= 11 is 0. The molecule has 3 aromatic rings. The second-order valence-electron chi connectivity index (χ2n) is 6.16. The van der Waals surface area contributed by atoms with Crippen molar-refractivity contribution in [1.29, 1.82) is 0 Å². The molecule has 0 spiro atoms. The number of anilines is 2. The number of nitrogens with zero attached hydrogens (tertiary/aromatic N) is 2. The van der Waals surface area contributed by atoms with Gasteiger partial charge < -0.3 is 20.4 Å². The number of ether oxygens (including phenoxy) is 1. The van der Waals surface area contributed by atoms with E-state index in [1.165, 1.54) is 6.07 Å². The third kappa shape index (κ3) is 2.96. The van der Waals surface area contributed by atoms with Crippen LogP contribution in [0.25, 0.3) is 22.4 Å². The van der Waals surface area contributed by atoms with Crippen LogP contribution in [0.1, 0.15) is 5.56 Å². The fourth-order valence-corrected chi connectivity index (χ4v) is 3.18. The summed E-state index contributed by atoms with van der Waals surface area (Å²) in [6.07, 6.45) is -4.46. The molecule has 1 fully saturated rings. The van der Waals surface area contributed by atoms with Gasteiger partial charge >= 0.3 is 6.18 Å². The topological polar surface area (TPSA) is 67.2 Å². The smallest absolute Gasteiger partial charge is 0.397 e. The largest absolute Gasteiger partial charge is 0.418 e. The highest BCUT2D eigenvalue weighted by atomic mass is 19.4. The van der Waals surface area contributed by atoms with Crippen molar-refractivity contribution in [2.75, 3.05) is 36.9 Å². The Bertz CT molecular complexity index is 945. The molecule has 0 unspecified atom stereocenters. The van der Waals surface area contributed by atoms with E-state index < -0.39 is 11.7 Å². The lowest BCUT2D eigenvalue weighted by Gasteiger charge is -2.31. The molecule has 8 heteroatoms. The predicted octanol–water partition coefficient (Wildman–Crippen LogP) is 3.67. The van der Waals surface area contributed by atoms with E-state index in [9.17, 15) is 13.2 Å². The molecule has 4 rings (SSSR count). The first-order valence-corrected chi connectivity index (χ1v) is 8.22. The van der Waals surface area contributed by atoms with E-state index in [1.807, 2.05) is 0 Å². The highest BCUT2D eigenvalue weighted by Gasteiger charge is 2.35. The minimum absolute atomic E-state index is 0.167. The second-order valence-corrected chi connectivity index (χ2v) is 6.16. The minimum atomic E-state index is -4.46. The zero-order chi connectivity index (χ0) is 18.3. The molecule has 0 saturated carbocycles. The predicted molar refractivity (Wildman–Crippen MR) is 94.0 cm³/mol. The Morgan fingerprint density at radius 2 is 1.88 bits per heavy atom. The molecule has 1 aromatic heterocycles. The molecule has 2 aromatic carbocycles. The molecule has 1 saturated heterocycles. The number of imidazole rings is 1. The van der Waals surface area contributed by atoms with E-state index in [-0.39, 0.29) is 5.69 Å². The van der Waals surface area contributed by atoms with E-state index in [4.69, 9.17) is 10.5 Å². The molecule has 136 valence electrons. The number of hydrogen-bond acceptors (Lipinski definition) is 4. The van der Waals surface area contributed by atoms with Crippen LogP contribution in [0, 0.1) is 0 Å². The molecule has 3 N–H and O–H groups in total. The number of nitrogen functional groups attached to an aromatic ring is 1. The lowest BCUT2D eigenvalue weighted by atomic mass is 10.1. The van der Waals surface area contributed by atoms with E-state index in [2.05, 4.69) is 9.97 Å². The third-order valence-corrected chi connectivity index (χ3v) is 4.47. The van der Waals surface area contributed by atoms with Crippen LogP contribution >= 0.6 is 0 Å². The Morgan fingerprint density at radius 3 is 2.58 bits per heavy atom. The number of hydrogen-bond donors (Lipinski definition) is 2. The Kier molecular flexibility index (Phi) is 3.99. The highest BCUT2D eigenvalue weighted by molar-refractivity contribution is 5.89. The number of morpholine rings is 1. The van der Waals surface area contributed by atoms with Crippen LogP contribution in [0.5, 0.6) is 0 Å². The van der Waals surface area contributed by atoms with Crippen molar-refractivity contribution in [3.05, 3.63) is 42.0 Å². The molecule has 1 aliphatic heterocycles. The normalized spacial score (nSPS) is 15.6. The van der Waals surface area contributed by atoms with Crippen molar-refractivity contribution in [3.63, 3.8) is 0 Å².